The van der Waals surface area contributed by atoms with Gasteiger partial charge in [0.05, 0.1) is 33.4 Å². The molecular formula is C58H39N5. The Labute approximate surface area is 364 Å². The Balaban J connectivity index is 1.15. The molecule has 0 saturated heterocycles. The van der Waals surface area contributed by atoms with Gasteiger partial charge >= 0.3 is 0 Å². The number of para-hydroxylation sites is 4. The van der Waals surface area contributed by atoms with Gasteiger partial charge in [-0.3, -0.25) is 0 Å². The Bertz CT molecular complexity index is 3580. The molecule has 296 valence electrons. The largest absolute Gasteiger partial charge is 0.309 e. The summed E-state index contributed by atoms with van der Waals surface area (Å²) < 4.78 is 4.79. The predicted molar refractivity (Wildman–Crippen MR) is 260 cm³/mol. The van der Waals surface area contributed by atoms with E-state index in [0.29, 0.717) is 17.5 Å². The van der Waals surface area contributed by atoms with Crippen molar-refractivity contribution in [1.82, 2.24) is 24.1 Å². The predicted octanol–water partition coefficient (Wildman–Crippen LogP) is 14.7. The van der Waals surface area contributed by atoms with Crippen LogP contribution in [0.25, 0.3) is 111 Å². The highest BCUT2D eigenvalue weighted by atomic mass is 15.1. The van der Waals surface area contributed by atoms with Gasteiger partial charge in [-0.25, -0.2) is 15.0 Å². The lowest BCUT2D eigenvalue weighted by molar-refractivity contribution is 1.06. The number of rotatable bonds is 7. The van der Waals surface area contributed by atoms with E-state index in [-0.39, 0.29) is 0 Å². The zero-order valence-corrected chi connectivity index (χ0v) is 34.5. The molecule has 9 aromatic carbocycles. The van der Waals surface area contributed by atoms with Crippen LogP contribution in [0.2, 0.25) is 0 Å². The number of hydrogen-bond donors (Lipinski definition) is 0. The van der Waals surface area contributed by atoms with Gasteiger partial charge in [0.25, 0.3) is 0 Å². The summed E-state index contributed by atoms with van der Waals surface area (Å²) in [5, 5.41) is 4.81. The van der Waals surface area contributed by atoms with Crippen molar-refractivity contribution >= 4 is 43.6 Å². The van der Waals surface area contributed by atoms with Gasteiger partial charge in [-0.2, -0.15) is 0 Å². The molecule has 0 aliphatic rings. The van der Waals surface area contributed by atoms with E-state index < -0.39 is 0 Å². The van der Waals surface area contributed by atoms with Crippen molar-refractivity contribution < 1.29 is 0 Å². The van der Waals surface area contributed by atoms with E-state index >= 15 is 0 Å². The standard InChI is InChI=1S/C58H39N5/c1-38-18-8-9-23-43(38)41-32-34-54-48(36-41)47-27-13-17-31-53(47)63(54)55-35-33-42(44-24-10-14-28-50(44)62-51-29-15-11-25-45(51)46-26-12-16-30-52(46)62)37-49(55)58-60-56(39-19-4-2-5-20-39)59-57(61-58)40-21-6-3-7-22-40/h2-37H,1H3. The highest BCUT2D eigenvalue weighted by molar-refractivity contribution is 6.12. The fourth-order valence-corrected chi connectivity index (χ4v) is 9.40. The Kier molecular flexibility index (Phi) is 8.64. The summed E-state index contributed by atoms with van der Waals surface area (Å²) in [7, 11) is 0. The van der Waals surface area contributed by atoms with E-state index in [2.05, 4.69) is 198 Å². The van der Waals surface area contributed by atoms with E-state index in [9.17, 15) is 0 Å². The molecule has 0 amide bonds. The van der Waals surface area contributed by atoms with Gasteiger partial charge in [0.15, 0.2) is 17.5 Å². The second kappa shape index (κ2) is 14.9. The first-order valence-corrected chi connectivity index (χ1v) is 21.4. The summed E-state index contributed by atoms with van der Waals surface area (Å²) in [6, 6.07) is 77.4. The molecular weight excluding hydrogens is 767 g/mol. The van der Waals surface area contributed by atoms with E-state index in [1.807, 2.05) is 36.4 Å². The minimum atomic E-state index is 0.594. The number of aromatic nitrogens is 5. The summed E-state index contributed by atoms with van der Waals surface area (Å²) >= 11 is 0. The highest BCUT2D eigenvalue weighted by Gasteiger charge is 2.22. The van der Waals surface area contributed by atoms with Crippen LogP contribution in [0.15, 0.2) is 218 Å². The van der Waals surface area contributed by atoms with E-state index in [4.69, 9.17) is 15.0 Å². The van der Waals surface area contributed by atoms with Crippen molar-refractivity contribution in [3.05, 3.63) is 224 Å². The molecule has 0 radical (unpaired) electrons. The third kappa shape index (κ3) is 6.13. The molecule has 0 fully saturated rings. The molecule has 0 bridgehead atoms. The summed E-state index contributed by atoms with van der Waals surface area (Å²) in [5.41, 5.74) is 15.2. The molecule has 0 atom stereocenters. The molecule has 3 heterocycles. The minimum absolute atomic E-state index is 0.594. The van der Waals surface area contributed by atoms with Gasteiger partial charge < -0.3 is 9.13 Å². The molecule has 5 heteroatoms. The molecule has 5 nitrogen and oxygen atoms in total. The third-order valence-corrected chi connectivity index (χ3v) is 12.3. The van der Waals surface area contributed by atoms with Crippen LogP contribution in [0.5, 0.6) is 0 Å². The van der Waals surface area contributed by atoms with Crippen LogP contribution in [0.1, 0.15) is 5.56 Å². The summed E-state index contributed by atoms with van der Waals surface area (Å²) in [6.07, 6.45) is 0. The van der Waals surface area contributed by atoms with E-state index in [1.165, 1.54) is 38.2 Å². The third-order valence-electron chi connectivity index (χ3n) is 12.3. The zero-order valence-electron chi connectivity index (χ0n) is 34.5. The monoisotopic (exact) mass is 805 g/mol. The molecule has 3 aromatic heterocycles. The van der Waals surface area contributed by atoms with Gasteiger partial charge in [-0.1, -0.05) is 170 Å². The molecule has 63 heavy (non-hydrogen) atoms. The Morgan fingerprint density at radius 1 is 0.286 bits per heavy atom. The van der Waals surface area contributed by atoms with Gasteiger partial charge in [0.1, 0.15) is 0 Å². The average Bonchev–Trinajstić information content (AvgIpc) is 3.87. The maximum atomic E-state index is 5.34. The van der Waals surface area contributed by atoms with Crippen LogP contribution in [0.4, 0.5) is 0 Å². The first-order valence-electron chi connectivity index (χ1n) is 21.4. The van der Waals surface area contributed by atoms with Crippen LogP contribution in [-0.4, -0.2) is 24.1 Å². The number of aryl methyl sites for hydroxylation is 1. The van der Waals surface area contributed by atoms with Gasteiger partial charge in [0, 0.05) is 43.8 Å². The number of nitrogens with zero attached hydrogens (tertiary/aromatic N) is 5. The summed E-state index contributed by atoms with van der Waals surface area (Å²) in [4.78, 5) is 15.8. The fourth-order valence-electron chi connectivity index (χ4n) is 9.40. The molecule has 0 saturated carbocycles. The fraction of sp³-hybridized carbons (Fsp3) is 0.0172. The molecule has 0 spiro atoms. The van der Waals surface area contributed by atoms with Crippen molar-refractivity contribution in [3.63, 3.8) is 0 Å². The smallest absolute Gasteiger partial charge is 0.166 e. The minimum Gasteiger partial charge on any atom is -0.309 e. The zero-order chi connectivity index (χ0) is 41.9. The number of hydrogen-bond acceptors (Lipinski definition) is 3. The Hall–Kier alpha value is -8.41. The Morgan fingerprint density at radius 2 is 0.714 bits per heavy atom. The lowest BCUT2D eigenvalue weighted by Crippen LogP contribution is -2.04. The van der Waals surface area contributed by atoms with Gasteiger partial charge in [-0.15, -0.1) is 0 Å². The SMILES string of the molecule is Cc1ccccc1-c1ccc2c(c1)c1ccccc1n2-c1ccc(-c2ccccc2-n2c3ccccc3c3ccccc32)cc1-c1nc(-c2ccccc2)nc(-c2ccccc2)n1. The second-order valence-electron chi connectivity index (χ2n) is 16.1. The lowest BCUT2D eigenvalue weighted by atomic mass is 9.98. The number of fused-ring (bicyclic) bond motifs is 6. The van der Waals surface area contributed by atoms with Crippen molar-refractivity contribution in [3.8, 4) is 67.8 Å². The van der Waals surface area contributed by atoms with Crippen LogP contribution < -0.4 is 0 Å². The Morgan fingerprint density at radius 3 is 1.32 bits per heavy atom. The molecule has 0 aliphatic carbocycles. The van der Waals surface area contributed by atoms with Crippen molar-refractivity contribution in [2.75, 3.05) is 0 Å². The second-order valence-corrected chi connectivity index (χ2v) is 16.1. The highest BCUT2D eigenvalue weighted by Crippen LogP contribution is 2.42. The van der Waals surface area contributed by atoms with Crippen LogP contribution in [0.3, 0.4) is 0 Å². The maximum Gasteiger partial charge on any atom is 0.166 e. The van der Waals surface area contributed by atoms with Crippen molar-refractivity contribution in [1.29, 1.82) is 0 Å². The van der Waals surface area contributed by atoms with E-state index in [0.717, 1.165) is 61.3 Å². The molecule has 12 rings (SSSR count). The average molecular weight is 806 g/mol. The topological polar surface area (TPSA) is 48.5 Å². The lowest BCUT2D eigenvalue weighted by Gasteiger charge is -2.18. The van der Waals surface area contributed by atoms with Crippen LogP contribution in [-0.2, 0) is 0 Å². The number of benzene rings is 9. The molecule has 0 N–H and O–H groups in total. The van der Waals surface area contributed by atoms with Crippen LogP contribution >= 0.6 is 0 Å². The quantitative estimate of drug-likeness (QED) is 0.161. The summed E-state index contributed by atoms with van der Waals surface area (Å²) in [5.74, 6) is 1.83. The summed E-state index contributed by atoms with van der Waals surface area (Å²) in [6.45, 7) is 2.18. The van der Waals surface area contributed by atoms with Crippen molar-refractivity contribution in [2.45, 2.75) is 6.92 Å². The first kappa shape index (κ1) is 36.4. The van der Waals surface area contributed by atoms with Gasteiger partial charge in [-0.05, 0) is 77.7 Å². The molecule has 0 unspecified atom stereocenters. The molecule has 12 aromatic rings. The maximum absolute atomic E-state index is 5.34. The van der Waals surface area contributed by atoms with E-state index in [1.54, 1.807) is 0 Å². The van der Waals surface area contributed by atoms with Crippen molar-refractivity contribution in [2.24, 2.45) is 0 Å². The van der Waals surface area contributed by atoms with Gasteiger partial charge in [0.2, 0.25) is 0 Å². The normalized spacial score (nSPS) is 11.6. The first-order chi connectivity index (χ1) is 31.2. The van der Waals surface area contributed by atoms with Crippen LogP contribution in [0, 0.1) is 6.92 Å². The molecule has 0 aliphatic heterocycles.